The van der Waals surface area contributed by atoms with Gasteiger partial charge in [-0.1, -0.05) is 0 Å². The van der Waals surface area contributed by atoms with Crippen LogP contribution in [0.5, 0.6) is 0 Å². The highest BCUT2D eigenvalue weighted by atomic mass is 32.2. The molecule has 152 valence electrons. The number of nitrogens with one attached hydrogen (secondary N) is 2. The second-order valence-electron chi connectivity index (χ2n) is 6.11. The lowest BCUT2D eigenvalue weighted by atomic mass is 10.3. The predicted molar refractivity (Wildman–Crippen MR) is 106 cm³/mol. The van der Waals surface area contributed by atoms with Crippen LogP contribution in [0.4, 0.5) is 26.0 Å². The van der Waals surface area contributed by atoms with Gasteiger partial charge in [0, 0.05) is 29.8 Å². The van der Waals surface area contributed by atoms with Crippen molar-refractivity contribution in [1.29, 1.82) is 0 Å². The Hall–Kier alpha value is -3.86. The molecule has 0 saturated heterocycles. The first-order valence-corrected chi connectivity index (χ1v) is 10.1. The minimum atomic E-state index is -4.20. The third kappa shape index (κ3) is 4.25. The monoisotopic (exact) mass is 428 g/mol. The zero-order chi connectivity index (χ0) is 21.1. The molecule has 0 saturated carbocycles. The normalized spacial score (nSPS) is 11.3. The summed E-state index contributed by atoms with van der Waals surface area (Å²) in [7, 11) is -4.20. The summed E-state index contributed by atoms with van der Waals surface area (Å²) in [5.41, 5.74) is 0.844. The van der Waals surface area contributed by atoms with Crippen molar-refractivity contribution in [2.75, 3.05) is 10.0 Å². The summed E-state index contributed by atoms with van der Waals surface area (Å²) in [6.45, 7) is 0. The molecule has 0 atom stereocenters. The smallest absolute Gasteiger partial charge is 0.264 e. The number of sulfonamides is 1. The maximum atomic E-state index is 13.8. The van der Waals surface area contributed by atoms with Crippen molar-refractivity contribution in [3.63, 3.8) is 0 Å². The minimum absolute atomic E-state index is 0.212. The number of rotatable bonds is 6. The number of benzene rings is 2. The van der Waals surface area contributed by atoms with Crippen LogP contribution in [0, 0.1) is 11.6 Å². The maximum Gasteiger partial charge on any atom is 0.264 e. The van der Waals surface area contributed by atoms with Crippen molar-refractivity contribution < 1.29 is 17.2 Å². The Morgan fingerprint density at radius 2 is 1.67 bits per heavy atom. The van der Waals surface area contributed by atoms with Gasteiger partial charge in [0.2, 0.25) is 0 Å². The van der Waals surface area contributed by atoms with Crippen molar-refractivity contribution in [2.24, 2.45) is 0 Å². The molecule has 4 aromatic rings. The molecule has 8 nitrogen and oxygen atoms in total. The fourth-order valence-electron chi connectivity index (χ4n) is 2.59. The molecule has 2 N–H and O–H groups in total. The lowest BCUT2D eigenvalue weighted by molar-refractivity contribution is 0.551. The number of nitrogens with zero attached hydrogens (tertiary/aromatic N) is 4. The van der Waals surface area contributed by atoms with Gasteiger partial charge in [0.1, 0.15) is 16.5 Å². The van der Waals surface area contributed by atoms with E-state index in [4.69, 9.17) is 0 Å². The Kier molecular flexibility index (Phi) is 5.11. The molecule has 0 bridgehead atoms. The first kappa shape index (κ1) is 19.5. The van der Waals surface area contributed by atoms with Crippen LogP contribution < -0.4 is 10.0 Å². The summed E-state index contributed by atoms with van der Waals surface area (Å²) in [5, 5.41) is 15.2. The Morgan fingerprint density at radius 1 is 0.900 bits per heavy atom. The molecule has 0 radical (unpaired) electrons. The molecular weight excluding hydrogens is 414 g/mol. The minimum Gasteiger partial charge on any atom is -0.339 e. The van der Waals surface area contributed by atoms with E-state index in [1.54, 1.807) is 47.4 Å². The van der Waals surface area contributed by atoms with Crippen LogP contribution in [0.1, 0.15) is 0 Å². The van der Waals surface area contributed by atoms with Gasteiger partial charge in [0.05, 0.1) is 0 Å². The van der Waals surface area contributed by atoms with E-state index >= 15 is 0 Å². The van der Waals surface area contributed by atoms with E-state index in [0.717, 1.165) is 12.1 Å². The van der Waals surface area contributed by atoms with Crippen LogP contribution >= 0.6 is 0 Å². The molecule has 0 aliphatic heterocycles. The van der Waals surface area contributed by atoms with Gasteiger partial charge in [-0.2, -0.15) is 5.10 Å². The van der Waals surface area contributed by atoms with Crippen molar-refractivity contribution in [1.82, 2.24) is 20.0 Å². The quantitative estimate of drug-likeness (QED) is 0.488. The molecule has 11 heteroatoms. The molecule has 0 spiro atoms. The Balaban J connectivity index is 1.45. The molecule has 0 aliphatic rings. The highest BCUT2D eigenvalue weighted by Crippen LogP contribution is 2.22. The van der Waals surface area contributed by atoms with Crippen LogP contribution in [-0.2, 0) is 10.0 Å². The third-order valence-corrected chi connectivity index (χ3v) is 5.40. The van der Waals surface area contributed by atoms with E-state index in [2.05, 4.69) is 25.3 Å². The molecular formula is C19H14F2N6O2S. The van der Waals surface area contributed by atoms with E-state index in [1.165, 1.54) is 12.1 Å². The van der Waals surface area contributed by atoms with Gasteiger partial charge in [-0.15, -0.1) is 10.2 Å². The number of hydrogen-bond donors (Lipinski definition) is 2. The average Bonchev–Trinajstić information content (AvgIpc) is 3.24. The van der Waals surface area contributed by atoms with Gasteiger partial charge in [-0.3, -0.25) is 4.72 Å². The van der Waals surface area contributed by atoms with Gasteiger partial charge >= 0.3 is 0 Å². The molecule has 30 heavy (non-hydrogen) atoms. The summed E-state index contributed by atoms with van der Waals surface area (Å²) in [6, 6.07) is 13.7. The summed E-state index contributed by atoms with van der Waals surface area (Å²) < 4.78 is 55.3. The fraction of sp³-hybridized carbons (Fsp3) is 0. The van der Waals surface area contributed by atoms with E-state index in [1.807, 2.05) is 0 Å². The lowest BCUT2D eigenvalue weighted by Crippen LogP contribution is -2.14. The number of halogens is 2. The van der Waals surface area contributed by atoms with Gasteiger partial charge in [-0.25, -0.2) is 21.9 Å². The molecule has 2 heterocycles. The fourth-order valence-corrected chi connectivity index (χ4v) is 3.71. The second-order valence-corrected chi connectivity index (χ2v) is 7.76. The first-order chi connectivity index (χ1) is 14.4. The van der Waals surface area contributed by atoms with Crippen LogP contribution in [0.25, 0.3) is 5.82 Å². The van der Waals surface area contributed by atoms with Crippen LogP contribution in [-0.4, -0.2) is 28.4 Å². The van der Waals surface area contributed by atoms with Gasteiger partial charge in [0.25, 0.3) is 10.0 Å². The standard InChI is InChI=1S/C19H14F2N6O2S/c20-13-2-7-17(16(21)12-13)30(28,29)26-15-5-3-14(4-6-15)23-18-8-9-19(25-24-18)27-11-1-10-22-27/h1-12,26H,(H,23,24). The number of anilines is 3. The molecule has 0 fully saturated rings. The van der Waals surface area contributed by atoms with Crippen molar-refractivity contribution >= 4 is 27.2 Å². The van der Waals surface area contributed by atoms with E-state index in [9.17, 15) is 17.2 Å². The summed E-state index contributed by atoms with van der Waals surface area (Å²) in [4.78, 5) is -0.640. The zero-order valence-corrected chi connectivity index (χ0v) is 16.0. The second kappa shape index (κ2) is 7.87. The van der Waals surface area contributed by atoms with Crippen LogP contribution in [0.3, 0.4) is 0 Å². The number of aromatic nitrogens is 4. The maximum absolute atomic E-state index is 13.8. The van der Waals surface area contributed by atoms with Gasteiger partial charge < -0.3 is 5.32 Å². The van der Waals surface area contributed by atoms with E-state index < -0.39 is 26.6 Å². The van der Waals surface area contributed by atoms with Crippen LogP contribution in [0.15, 0.2) is 78.0 Å². The van der Waals surface area contributed by atoms with E-state index in [-0.39, 0.29) is 5.69 Å². The van der Waals surface area contributed by atoms with E-state index in [0.29, 0.717) is 23.4 Å². The summed E-state index contributed by atoms with van der Waals surface area (Å²) in [6.07, 6.45) is 3.38. The molecule has 0 unspecified atom stereocenters. The SMILES string of the molecule is O=S(=O)(Nc1ccc(Nc2ccc(-n3cccn3)nn2)cc1)c1ccc(F)cc1F. The van der Waals surface area contributed by atoms with Gasteiger partial charge in [0.15, 0.2) is 11.6 Å². The lowest BCUT2D eigenvalue weighted by Gasteiger charge is -2.10. The van der Waals surface area contributed by atoms with Crippen molar-refractivity contribution in [3.8, 4) is 5.82 Å². The van der Waals surface area contributed by atoms with Crippen molar-refractivity contribution in [2.45, 2.75) is 4.90 Å². The van der Waals surface area contributed by atoms with Gasteiger partial charge in [-0.05, 0) is 54.6 Å². The largest absolute Gasteiger partial charge is 0.339 e. The predicted octanol–water partition coefficient (Wildman–Crippen LogP) is 3.48. The average molecular weight is 428 g/mol. The Labute approximate surface area is 170 Å². The Bertz CT molecular complexity index is 1260. The summed E-state index contributed by atoms with van der Waals surface area (Å²) >= 11 is 0. The molecule has 2 aromatic carbocycles. The molecule has 0 amide bonds. The molecule has 0 aliphatic carbocycles. The molecule has 2 aromatic heterocycles. The number of hydrogen-bond acceptors (Lipinski definition) is 6. The third-order valence-electron chi connectivity index (χ3n) is 3.98. The highest BCUT2D eigenvalue weighted by molar-refractivity contribution is 7.92. The van der Waals surface area contributed by atoms with Crippen molar-refractivity contribution in [3.05, 3.63) is 84.7 Å². The molecule has 4 rings (SSSR count). The highest BCUT2D eigenvalue weighted by Gasteiger charge is 2.19. The summed E-state index contributed by atoms with van der Waals surface area (Å²) in [5.74, 6) is -0.989. The van der Waals surface area contributed by atoms with Crippen LogP contribution in [0.2, 0.25) is 0 Å². The first-order valence-electron chi connectivity index (χ1n) is 8.59. The Morgan fingerprint density at radius 3 is 2.30 bits per heavy atom. The topological polar surface area (TPSA) is 102 Å². The zero-order valence-electron chi connectivity index (χ0n) is 15.2.